The molecule has 1 aromatic heterocycles. The number of fused-ring (bicyclic) bond motifs is 4. The van der Waals surface area contributed by atoms with Crippen molar-refractivity contribution in [2.45, 2.75) is 0 Å². The number of benzene rings is 6. The molecule has 6 aromatic carbocycles. The van der Waals surface area contributed by atoms with Crippen molar-refractivity contribution in [3.63, 3.8) is 0 Å². The lowest BCUT2D eigenvalue weighted by molar-refractivity contribution is 1.18. The minimum absolute atomic E-state index is 1.18. The lowest BCUT2D eigenvalue weighted by Crippen LogP contribution is -2.09. The van der Waals surface area contributed by atoms with Gasteiger partial charge in [-0.3, -0.25) is 0 Å². The molecule has 0 unspecified atom stereocenters. The summed E-state index contributed by atoms with van der Waals surface area (Å²) in [5.74, 6) is 0. The van der Waals surface area contributed by atoms with Gasteiger partial charge in [0.1, 0.15) is 0 Å². The molecule has 0 N–H and O–H groups in total. The van der Waals surface area contributed by atoms with Crippen LogP contribution in [0.25, 0.3) is 49.4 Å². The predicted octanol–water partition coefficient (Wildman–Crippen LogP) is 9.37. The second-order valence-corrected chi connectivity index (χ2v) is 9.49. The van der Waals surface area contributed by atoms with E-state index in [4.69, 9.17) is 0 Å². The highest BCUT2D eigenvalue weighted by Crippen LogP contribution is 2.39. The fourth-order valence-electron chi connectivity index (χ4n) is 5.61. The molecule has 0 amide bonds. The Morgan fingerprint density at radius 3 is 1.89 bits per heavy atom. The van der Waals surface area contributed by atoms with Gasteiger partial charge < -0.3 is 9.47 Å². The summed E-state index contributed by atoms with van der Waals surface area (Å²) in [5, 5.41) is 5.05. The third kappa shape index (κ3) is 3.49. The first-order chi connectivity index (χ1) is 18.3. The van der Waals surface area contributed by atoms with Crippen molar-refractivity contribution < 1.29 is 0 Å². The van der Waals surface area contributed by atoms with Crippen LogP contribution in [-0.2, 0) is 0 Å². The molecule has 176 valence electrons. The molecular formula is C35H26N2. The van der Waals surface area contributed by atoms with Gasteiger partial charge in [0.15, 0.2) is 0 Å². The van der Waals surface area contributed by atoms with Gasteiger partial charge in [-0.15, -0.1) is 0 Å². The van der Waals surface area contributed by atoms with Crippen LogP contribution in [0.15, 0.2) is 140 Å². The summed E-state index contributed by atoms with van der Waals surface area (Å²) in [7, 11) is 2.14. The van der Waals surface area contributed by atoms with E-state index < -0.39 is 0 Å². The Balaban J connectivity index is 1.44. The quantitative estimate of drug-likeness (QED) is 0.247. The van der Waals surface area contributed by atoms with E-state index >= 15 is 0 Å². The summed E-state index contributed by atoms with van der Waals surface area (Å²) in [6.45, 7) is 0. The van der Waals surface area contributed by atoms with Gasteiger partial charge in [-0.25, -0.2) is 0 Å². The average molecular weight is 475 g/mol. The van der Waals surface area contributed by atoms with Crippen molar-refractivity contribution in [3.05, 3.63) is 140 Å². The molecule has 7 aromatic rings. The fourth-order valence-corrected chi connectivity index (χ4v) is 5.61. The maximum atomic E-state index is 2.37. The monoisotopic (exact) mass is 474 g/mol. The topological polar surface area (TPSA) is 8.17 Å². The lowest BCUT2D eigenvalue weighted by atomic mass is 9.95. The first kappa shape index (κ1) is 21.5. The first-order valence-electron chi connectivity index (χ1n) is 12.7. The molecule has 37 heavy (non-hydrogen) atoms. The molecule has 7 rings (SSSR count). The summed E-state index contributed by atoms with van der Waals surface area (Å²) < 4.78 is 2.37. The van der Waals surface area contributed by atoms with Crippen molar-refractivity contribution in [1.82, 2.24) is 4.57 Å². The van der Waals surface area contributed by atoms with E-state index in [0.29, 0.717) is 0 Å². The summed E-state index contributed by atoms with van der Waals surface area (Å²) >= 11 is 0. The normalized spacial score (nSPS) is 11.4. The lowest BCUT2D eigenvalue weighted by Gasteiger charge is -2.22. The summed E-state index contributed by atoms with van der Waals surface area (Å²) in [5.41, 5.74) is 8.49. The van der Waals surface area contributed by atoms with Crippen molar-refractivity contribution in [1.29, 1.82) is 0 Å². The molecule has 0 saturated carbocycles. The second-order valence-electron chi connectivity index (χ2n) is 9.49. The molecule has 1 heterocycles. The van der Waals surface area contributed by atoms with Gasteiger partial charge in [0.25, 0.3) is 0 Å². The average Bonchev–Trinajstić information content (AvgIpc) is 3.31. The number of hydrogen-bond acceptors (Lipinski definition) is 1. The van der Waals surface area contributed by atoms with Crippen LogP contribution in [0.3, 0.4) is 0 Å². The zero-order valence-electron chi connectivity index (χ0n) is 20.7. The Bertz CT molecular complexity index is 1880. The Hall–Kier alpha value is -4.82. The van der Waals surface area contributed by atoms with Crippen LogP contribution in [0.2, 0.25) is 0 Å². The van der Waals surface area contributed by atoms with Crippen LogP contribution in [-0.4, -0.2) is 11.6 Å². The Morgan fingerprint density at radius 1 is 0.486 bits per heavy atom. The molecule has 0 fully saturated rings. The third-order valence-corrected chi connectivity index (χ3v) is 7.40. The highest BCUT2D eigenvalue weighted by Gasteiger charge is 2.15. The number of aromatic nitrogens is 1. The molecule has 0 bridgehead atoms. The molecule has 2 nitrogen and oxygen atoms in total. The van der Waals surface area contributed by atoms with Gasteiger partial charge >= 0.3 is 0 Å². The van der Waals surface area contributed by atoms with Crippen molar-refractivity contribution in [3.8, 4) is 16.8 Å². The van der Waals surface area contributed by atoms with E-state index in [2.05, 4.69) is 156 Å². The maximum Gasteiger partial charge on any atom is 0.0541 e. The molecule has 2 heteroatoms. The number of nitrogens with zero attached hydrogens (tertiary/aromatic N) is 2. The molecule has 0 radical (unpaired) electrons. The van der Waals surface area contributed by atoms with E-state index in [1.807, 2.05) is 0 Å². The molecule has 0 aliphatic rings. The zero-order chi connectivity index (χ0) is 24.8. The minimum Gasteiger partial charge on any atom is -0.344 e. The van der Waals surface area contributed by atoms with Crippen LogP contribution in [0.4, 0.5) is 11.4 Å². The standard InChI is InChI=1S/C35H26N2/c1-36(26-12-4-2-5-13-26)33-23-21-28(29-16-8-9-17-30(29)33)25-20-22-35-32(24-25)31-18-10-11-19-34(31)37(35)27-14-6-3-7-15-27/h2-24H,1H3. The van der Waals surface area contributed by atoms with Gasteiger partial charge in [0.2, 0.25) is 0 Å². The highest BCUT2D eigenvalue weighted by molar-refractivity contribution is 6.12. The largest absolute Gasteiger partial charge is 0.344 e. The van der Waals surface area contributed by atoms with Gasteiger partial charge in [0, 0.05) is 40.3 Å². The van der Waals surface area contributed by atoms with Gasteiger partial charge in [-0.05, 0) is 65.0 Å². The Labute approximate surface area is 216 Å². The predicted molar refractivity (Wildman–Crippen MR) is 158 cm³/mol. The Morgan fingerprint density at radius 2 is 1.11 bits per heavy atom. The van der Waals surface area contributed by atoms with E-state index in [1.165, 1.54) is 60.8 Å². The molecule has 0 aliphatic heterocycles. The highest BCUT2D eigenvalue weighted by atomic mass is 15.1. The third-order valence-electron chi connectivity index (χ3n) is 7.40. The molecular weight excluding hydrogens is 448 g/mol. The van der Waals surface area contributed by atoms with E-state index in [-0.39, 0.29) is 0 Å². The van der Waals surface area contributed by atoms with Gasteiger partial charge in [0.05, 0.1) is 11.0 Å². The second kappa shape index (κ2) is 8.69. The van der Waals surface area contributed by atoms with Gasteiger partial charge in [-0.2, -0.15) is 0 Å². The fraction of sp³-hybridized carbons (Fsp3) is 0.0286. The van der Waals surface area contributed by atoms with E-state index in [1.54, 1.807) is 0 Å². The molecule has 0 spiro atoms. The van der Waals surface area contributed by atoms with Crippen molar-refractivity contribution >= 4 is 44.0 Å². The van der Waals surface area contributed by atoms with Crippen LogP contribution < -0.4 is 4.90 Å². The van der Waals surface area contributed by atoms with Crippen LogP contribution in [0, 0.1) is 0 Å². The zero-order valence-corrected chi connectivity index (χ0v) is 20.7. The van der Waals surface area contributed by atoms with Crippen LogP contribution in [0.5, 0.6) is 0 Å². The minimum atomic E-state index is 1.18. The first-order valence-corrected chi connectivity index (χ1v) is 12.7. The SMILES string of the molecule is CN(c1ccccc1)c1ccc(-c2ccc3c(c2)c2ccccc2n3-c2ccccc2)c2ccccc12. The number of rotatable bonds is 4. The Kier molecular flexibility index (Phi) is 5.04. The van der Waals surface area contributed by atoms with Crippen molar-refractivity contribution in [2.75, 3.05) is 11.9 Å². The summed E-state index contributed by atoms with van der Waals surface area (Å²) in [4.78, 5) is 2.27. The molecule has 0 atom stereocenters. The number of para-hydroxylation sites is 3. The molecule has 0 saturated heterocycles. The van der Waals surface area contributed by atoms with E-state index in [9.17, 15) is 0 Å². The number of anilines is 2. The summed E-state index contributed by atoms with van der Waals surface area (Å²) in [6, 6.07) is 50.0. The van der Waals surface area contributed by atoms with Crippen LogP contribution >= 0.6 is 0 Å². The summed E-state index contributed by atoms with van der Waals surface area (Å²) in [6.07, 6.45) is 0. The van der Waals surface area contributed by atoms with Crippen molar-refractivity contribution in [2.24, 2.45) is 0 Å². The van der Waals surface area contributed by atoms with Gasteiger partial charge in [-0.1, -0.05) is 91.0 Å². The maximum absolute atomic E-state index is 2.37. The van der Waals surface area contributed by atoms with E-state index in [0.717, 1.165) is 0 Å². The number of hydrogen-bond donors (Lipinski definition) is 0. The van der Waals surface area contributed by atoms with Crippen LogP contribution in [0.1, 0.15) is 0 Å². The smallest absolute Gasteiger partial charge is 0.0541 e. The molecule has 0 aliphatic carbocycles.